The molecule has 1 aromatic rings. The maximum atomic E-state index is 12.5. The maximum Gasteiger partial charge on any atom is 0.253 e. The lowest BCUT2D eigenvalue weighted by atomic mass is 10.0. The molecular weight excluding hydrogens is 264 g/mol. The number of amides is 1. The number of nitrogens with one attached hydrogen (secondary N) is 2. The Morgan fingerprint density at radius 2 is 2.14 bits per heavy atom. The van der Waals surface area contributed by atoms with E-state index < -0.39 is 0 Å². The van der Waals surface area contributed by atoms with Crippen LogP contribution in [0.4, 0.5) is 5.69 Å². The van der Waals surface area contributed by atoms with Crippen LogP contribution in [0.1, 0.15) is 42.1 Å². The number of benzene rings is 1. The molecule has 0 spiro atoms. The summed E-state index contributed by atoms with van der Waals surface area (Å²) in [5.74, 6) is 0.0124. The van der Waals surface area contributed by atoms with Crippen LogP contribution in [0.2, 0.25) is 0 Å². The first-order chi connectivity index (χ1) is 10.1. The Bertz CT molecular complexity index is 496. The minimum absolute atomic E-state index is 0.0124. The third kappa shape index (κ3) is 4.21. The van der Waals surface area contributed by atoms with Crippen molar-refractivity contribution in [2.75, 3.05) is 32.1 Å². The quantitative estimate of drug-likeness (QED) is 0.774. The van der Waals surface area contributed by atoms with Gasteiger partial charge in [0.05, 0.1) is 5.56 Å². The highest BCUT2D eigenvalue weighted by Crippen LogP contribution is 2.48. The molecule has 4 nitrogen and oxygen atoms in total. The fraction of sp³-hybridized carbons (Fsp3) is 0.588. The van der Waals surface area contributed by atoms with Gasteiger partial charge < -0.3 is 15.4 Å². The van der Waals surface area contributed by atoms with Gasteiger partial charge in [0.25, 0.3) is 5.91 Å². The third-order valence-corrected chi connectivity index (χ3v) is 4.20. The lowest BCUT2D eigenvalue weighted by Crippen LogP contribution is -2.31. The summed E-state index contributed by atoms with van der Waals surface area (Å²) < 4.78 is 5.15. The Hall–Kier alpha value is -1.55. The first kappa shape index (κ1) is 15.8. The number of anilines is 1. The molecule has 1 fully saturated rings. The second kappa shape index (κ2) is 6.94. The average Bonchev–Trinajstić information content (AvgIpc) is 3.25. The Morgan fingerprint density at radius 1 is 1.38 bits per heavy atom. The van der Waals surface area contributed by atoms with Crippen LogP contribution >= 0.6 is 0 Å². The van der Waals surface area contributed by atoms with Crippen molar-refractivity contribution in [1.29, 1.82) is 0 Å². The lowest BCUT2D eigenvalue weighted by molar-refractivity contribution is 0.0938. The van der Waals surface area contributed by atoms with Crippen LogP contribution in [-0.4, -0.2) is 32.7 Å². The predicted octanol–water partition coefficient (Wildman–Crippen LogP) is 2.97. The van der Waals surface area contributed by atoms with Gasteiger partial charge in [0.2, 0.25) is 0 Å². The fourth-order valence-electron chi connectivity index (χ4n) is 2.56. The maximum absolute atomic E-state index is 12.5. The molecule has 0 aliphatic heterocycles. The number of hydrogen-bond acceptors (Lipinski definition) is 3. The molecule has 2 rings (SSSR count). The van der Waals surface area contributed by atoms with Gasteiger partial charge in [-0.2, -0.15) is 0 Å². The Kier molecular flexibility index (Phi) is 5.23. The van der Waals surface area contributed by atoms with Gasteiger partial charge in [0.15, 0.2) is 0 Å². The summed E-state index contributed by atoms with van der Waals surface area (Å²) in [4.78, 5) is 12.5. The molecule has 0 bridgehead atoms. The predicted molar refractivity (Wildman–Crippen MR) is 85.8 cm³/mol. The molecule has 1 aromatic carbocycles. The van der Waals surface area contributed by atoms with E-state index >= 15 is 0 Å². The Balaban J connectivity index is 1.98. The Morgan fingerprint density at radius 3 is 2.76 bits per heavy atom. The monoisotopic (exact) mass is 290 g/mol. The molecule has 0 heterocycles. The van der Waals surface area contributed by atoms with Crippen molar-refractivity contribution in [3.05, 3.63) is 29.3 Å². The first-order valence-electron chi connectivity index (χ1n) is 7.72. The summed E-state index contributed by atoms with van der Waals surface area (Å²) in [5.41, 5.74) is 3.01. The molecule has 1 saturated carbocycles. The second-order valence-electron chi connectivity index (χ2n) is 6.00. The molecule has 0 atom stereocenters. The van der Waals surface area contributed by atoms with Crippen LogP contribution in [0.15, 0.2) is 18.2 Å². The number of carbonyl (C=O) groups excluding carboxylic acids is 1. The summed E-state index contributed by atoms with van der Waals surface area (Å²) >= 11 is 0. The number of ether oxygens (including phenoxy) is 1. The van der Waals surface area contributed by atoms with E-state index in [1.807, 2.05) is 32.0 Å². The van der Waals surface area contributed by atoms with Crippen LogP contribution in [0, 0.1) is 12.3 Å². The second-order valence-corrected chi connectivity index (χ2v) is 6.00. The van der Waals surface area contributed by atoms with Crippen LogP contribution in [0.5, 0.6) is 0 Å². The van der Waals surface area contributed by atoms with Crippen molar-refractivity contribution >= 4 is 11.6 Å². The SMILES string of the molecule is CCNc1ccc(C)cc1C(=O)NCC1(CCOC)CC1. The van der Waals surface area contributed by atoms with Gasteiger partial charge in [-0.05, 0) is 50.7 Å². The minimum atomic E-state index is 0.0124. The topological polar surface area (TPSA) is 50.4 Å². The smallest absolute Gasteiger partial charge is 0.253 e. The number of rotatable bonds is 8. The van der Waals surface area contributed by atoms with Gasteiger partial charge in [-0.1, -0.05) is 11.6 Å². The van der Waals surface area contributed by atoms with E-state index in [-0.39, 0.29) is 11.3 Å². The summed E-state index contributed by atoms with van der Waals surface area (Å²) in [6, 6.07) is 5.95. The van der Waals surface area contributed by atoms with Crippen molar-refractivity contribution in [3.8, 4) is 0 Å². The molecule has 1 aliphatic rings. The molecule has 116 valence electrons. The molecule has 0 radical (unpaired) electrons. The highest BCUT2D eigenvalue weighted by Gasteiger charge is 2.42. The van der Waals surface area contributed by atoms with E-state index in [1.54, 1.807) is 7.11 Å². The molecule has 2 N–H and O–H groups in total. The third-order valence-electron chi connectivity index (χ3n) is 4.20. The zero-order valence-corrected chi connectivity index (χ0v) is 13.3. The van der Waals surface area contributed by atoms with Gasteiger partial charge in [-0.3, -0.25) is 4.79 Å². The normalized spacial score (nSPS) is 15.6. The van der Waals surface area contributed by atoms with Crippen molar-refractivity contribution in [3.63, 3.8) is 0 Å². The van der Waals surface area contributed by atoms with Crippen molar-refractivity contribution in [2.24, 2.45) is 5.41 Å². The highest BCUT2D eigenvalue weighted by molar-refractivity contribution is 5.99. The van der Waals surface area contributed by atoms with E-state index in [0.717, 1.165) is 42.9 Å². The summed E-state index contributed by atoms with van der Waals surface area (Å²) in [7, 11) is 1.73. The van der Waals surface area contributed by atoms with Crippen molar-refractivity contribution in [2.45, 2.75) is 33.1 Å². The first-order valence-corrected chi connectivity index (χ1v) is 7.72. The number of carbonyl (C=O) groups is 1. The number of aryl methyl sites for hydroxylation is 1. The van der Waals surface area contributed by atoms with E-state index in [9.17, 15) is 4.79 Å². The molecule has 1 amide bonds. The largest absolute Gasteiger partial charge is 0.385 e. The molecule has 0 unspecified atom stereocenters. The number of methoxy groups -OCH3 is 1. The summed E-state index contributed by atoms with van der Waals surface area (Å²) in [5, 5.41) is 6.35. The zero-order valence-electron chi connectivity index (χ0n) is 13.3. The lowest BCUT2D eigenvalue weighted by Gasteiger charge is -2.17. The zero-order chi connectivity index (χ0) is 15.3. The van der Waals surface area contributed by atoms with Crippen LogP contribution in [0.25, 0.3) is 0 Å². The molecule has 21 heavy (non-hydrogen) atoms. The minimum Gasteiger partial charge on any atom is -0.385 e. The van der Waals surface area contributed by atoms with Crippen LogP contribution in [0.3, 0.4) is 0 Å². The molecular formula is C17H26N2O2. The van der Waals surface area contributed by atoms with Gasteiger partial charge in [0, 0.05) is 32.5 Å². The summed E-state index contributed by atoms with van der Waals surface area (Å²) in [6.45, 7) is 6.36. The van der Waals surface area contributed by atoms with Gasteiger partial charge >= 0.3 is 0 Å². The molecule has 0 saturated heterocycles. The van der Waals surface area contributed by atoms with Crippen LogP contribution < -0.4 is 10.6 Å². The number of hydrogen-bond donors (Lipinski definition) is 2. The van der Waals surface area contributed by atoms with Crippen LogP contribution in [-0.2, 0) is 4.74 Å². The van der Waals surface area contributed by atoms with E-state index in [0.29, 0.717) is 0 Å². The van der Waals surface area contributed by atoms with Gasteiger partial charge in [-0.25, -0.2) is 0 Å². The standard InChI is InChI=1S/C17H26N2O2/c1-4-18-15-6-5-13(2)11-14(15)16(20)19-12-17(7-8-17)9-10-21-3/h5-6,11,18H,4,7-10,12H2,1-3H3,(H,19,20). The highest BCUT2D eigenvalue weighted by atomic mass is 16.5. The molecule has 1 aliphatic carbocycles. The van der Waals surface area contributed by atoms with E-state index in [4.69, 9.17) is 4.74 Å². The van der Waals surface area contributed by atoms with E-state index in [2.05, 4.69) is 10.6 Å². The summed E-state index contributed by atoms with van der Waals surface area (Å²) in [6.07, 6.45) is 3.40. The van der Waals surface area contributed by atoms with E-state index in [1.165, 1.54) is 12.8 Å². The Labute approximate surface area is 127 Å². The van der Waals surface area contributed by atoms with Crippen molar-refractivity contribution in [1.82, 2.24) is 5.32 Å². The molecule has 4 heteroatoms. The van der Waals surface area contributed by atoms with Gasteiger partial charge in [0.1, 0.15) is 0 Å². The molecule has 0 aromatic heterocycles. The van der Waals surface area contributed by atoms with Gasteiger partial charge in [-0.15, -0.1) is 0 Å². The van der Waals surface area contributed by atoms with Crippen molar-refractivity contribution < 1.29 is 9.53 Å². The fourth-order valence-corrected chi connectivity index (χ4v) is 2.56. The average molecular weight is 290 g/mol.